The lowest BCUT2D eigenvalue weighted by Gasteiger charge is -2.28. The number of ether oxygens (including phenoxy) is 4. The second kappa shape index (κ2) is 14.9. The van der Waals surface area contributed by atoms with E-state index in [-0.39, 0.29) is 6.10 Å². The molecule has 3 rings (SSSR count). The summed E-state index contributed by atoms with van der Waals surface area (Å²) in [5.74, 6) is 1.55. The zero-order valence-electron chi connectivity index (χ0n) is 21.6. The van der Waals surface area contributed by atoms with E-state index in [1.54, 1.807) is 25.3 Å². The van der Waals surface area contributed by atoms with E-state index in [0.29, 0.717) is 56.7 Å². The molecule has 0 amide bonds. The summed E-state index contributed by atoms with van der Waals surface area (Å²) in [7, 11) is 1.63. The highest BCUT2D eigenvalue weighted by Gasteiger charge is 2.17. The van der Waals surface area contributed by atoms with Crippen molar-refractivity contribution in [2.75, 3.05) is 59.7 Å². The third-order valence-corrected chi connectivity index (χ3v) is 5.80. The smallest absolute Gasteiger partial charge is 0.222 e. The number of morpholine rings is 1. The molecule has 9 nitrogen and oxygen atoms in total. The number of hydrogen-bond donors (Lipinski definition) is 1. The van der Waals surface area contributed by atoms with Crippen molar-refractivity contribution in [3.8, 4) is 22.9 Å². The average molecular weight is 506 g/mol. The lowest BCUT2D eigenvalue weighted by molar-refractivity contribution is 0.0207. The van der Waals surface area contributed by atoms with Gasteiger partial charge in [0.05, 0.1) is 44.2 Å². The van der Waals surface area contributed by atoms with E-state index in [4.69, 9.17) is 24.7 Å². The number of hydrogen-bond acceptors (Lipinski definition) is 8. The van der Waals surface area contributed by atoms with Crippen molar-refractivity contribution in [1.82, 2.24) is 4.90 Å². The summed E-state index contributed by atoms with van der Waals surface area (Å²) >= 11 is 0. The summed E-state index contributed by atoms with van der Waals surface area (Å²) in [6.07, 6.45) is 1.55. The molecule has 9 heteroatoms. The topological polar surface area (TPSA) is 115 Å². The molecule has 2 N–H and O–H groups in total. The van der Waals surface area contributed by atoms with E-state index in [0.717, 1.165) is 35.6 Å². The Morgan fingerprint density at radius 2 is 1.97 bits per heavy atom. The molecule has 0 radical (unpaired) electrons. The lowest BCUT2D eigenvalue weighted by Crippen LogP contribution is -2.40. The monoisotopic (exact) mass is 505 g/mol. The second-order valence-electron chi connectivity index (χ2n) is 8.21. The first-order valence-electron chi connectivity index (χ1n) is 12.3. The van der Waals surface area contributed by atoms with Crippen LogP contribution in [0.4, 0.5) is 0 Å². The van der Waals surface area contributed by atoms with E-state index >= 15 is 0 Å². The van der Waals surface area contributed by atoms with Gasteiger partial charge in [-0.1, -0.05) is 24.3 Å². The van der Waals surface area contributed by atoms with Gasteiger partial charge in [-0.2, -0.15) is 5.26 Å². The van der Waals surface area contributed by atoms with Crippen LogP contribution in [-0.4, -0.2) is 77.2 Å². The Labute approximate surface area is 218 Å². The van der Waals surface area contributed by atoms with Crippen molar-refractivity contribution >= 4 is 12.6 Å². The van der Waals surface area contributed by atoms with E-state index in [1.807, 2.05) is 37.3 Å². The summed E-state index contributed by atoms with van der Waals surface area (Å²) < 4.78 is 22.6. The summed E-state index contributed by atoms with van der Waals surface area (Å²) in [6.45, 7) is 10.4. The average Bonchev–Trinajstić information content (AvgIpc) is 2.95. The van der Waals surface area contributed by atoms with Gasteiger partial charge in [0.2, 0.25) is 5.88 Å². The Balaban J connectivity index is 1.89. The fourth-order valence-electron chi connectivity index (χ4n) is 3.89. The predicted molar refractivity (Wildman–Crippen MR) is 145 cm³/mol. The van der Waals surface area contributed by atoms with Crippen LogP contribution in [0.25, 0.3) is 11.1 Å². The van der Waals surface area contributed by atoms with Gasteiger partial charge in [0.15, 0.2) is 0 Å². The molecular weight excluding hydrogens is 470 g/mol. The first kappa shape index (κ1) is 28.0. The van der Waals surface area contributed by atoms with E-state index in [9.17, 15) is 5.26 Å². The molecule has 1 aliphatic heterocycles. The van der Waals surface area contributed by atoms with E-state index in [1.165, 1.54) is 0 Å². The molecule has 1 fully saturated rings. The van der Waals surface area contributed by atoms with E-state index in [2.05, 4.69) is 27.7 Å². The fourth-order valence-corrected chi connectivity index (χ4v) is 3.89. The van der Waals surface area contributed by atoms with Gasteiger partial charge in [0, 0.05) is 44.9 Å². The van der Waals surface area contributed by atoms with Crippen LogP contribution in [0, 0.1) is 11.3 Å². The third kappa shape index (κ3) is 7.97. The molecule has 196 valence electrons. The largest absolute Gasteiger partial charge is 0.438 e. The Bertz CT molecular complexity index is 1120. The molecule has 0 saturated carbocycles. The van der Waals surface area contributed by atoms with Gasteiger partial charge >= 0.3 is 0 Å². The minimum absolute atomic E-state index is 0.225. The summed E-state index contributed by atoms with van der Waals surface area (Å²) in [4.78, 5) is 10.8. The highest BCUT2D eigenvalue weighted by atomic mass is 16.5. The van der Waals surface area contributed by atoms with Crippen LogP contribution < -0.4 is 10.5 Å². The maximum absolute atomic E-state index is 9.49. The van der Waals surface area contributed by atoms with Gasteiger partial charge in [0.1, 0.15) is 11.6 Å². The van der Waals surface area contributed by atoms with Gasteiger partial charge < -0.3 is 29.6 Å². The van der Waals surface area contributed by atoms with Crippen LogP contribution in [0.15, 0.2) is 64.4 Å². The molecule has 1 atom stereocenters. The Kier molecular flexibility index (Phi) is 11.3. The Hall–Kier alpha value is -3.55. The number of methoxy groups -OCH3 is 1. The van der Waals surface area contributed by atoms with Crippen LogP contribution in [0.1, 0.15) is 24.2 Å². The van der Waals surface area contributed by atoms with Gasteiger partial charge in [-0.05, 0) is 43.0 Å². The van der Waals surface area contributed by atoms with Gasteiger partial charge in [-0.15, -0.1) is 0 Å². The van der Waals surface area contributed by atoms with Crippen molar-refractivity contribution in [3.63, 3.8) is 0 Å². The van der Waals surface area contributed by atoms with Crippen molar-refractivity contribution in [3.05, 3.63) is 65.6 Å². The highest BCUT2D eigenvalue weighted by molar-refractivity contribution is 5.93. The SMILES string of the molecule is C=N/C(=C\C(=N/CC)N1CCOCC1)Oc1cc(C#N)ccc1-c1ccc(C(CN)OCCOC)cc1. The molecule has 37 heavy (non-hydrogen) atoms. The van der Waals surface area contributed by atoms with Crippen LogP contribution in [0.2, 0.25) is 0 Å². The van der Waals surface area contributed by atoms with Crippen LogP contribution in [-0.2, 0) is 14.2 Å². The van der Waals surface area contributed by atoms with Crippen LogP contribution in [0.3, 0.4) is 0 Å². The molecular formula is C28H35N5O4. The molecule has 1 unspecified atom stereocenters. The molecule has 1 aliphatic rings. The molecule has 2 aromatic rings. The molecule has 1 saturated heterocycles. The number of amidine groups is 1. The van der Waals surface area contributed by atoms with Crippen molar-refractivity contribution in [2.45, 2.75) is 13.0 Å². The molecule has 0 aromatic heterocycles. The van der Waals surface area contributed by atoms with Crippen molar-refractivity contribution in [1.29, 1.82) is 5.26 Å². The zero-order valence-corrected chi connectivity index (χ0v) is 21.6. The van der Waals surface area contributed by atoms with E-state index < -0.39 is 0 Å². The summed E-state index contributed by atoms with van der Waals surface area (Å²) in [5.41, 5.74) is 9.09. The van der Waals surface area contributed by atoms with Crippen LogP contribution >= 0.6 is 0 Å². The van der Waals surface area contributed by atoms with Crippen molar-refractivity contribution < 1.29 is 18.9 Å². The molecule has 0 aliphatic carbocycles. The van der Waals surface area contributed by atoms with Crippen molar-refractivity contribution in [2.24, 2.45) is 15.7 Å². The molecule has 2 aromatic carbocycles. The number of nitrogens with two attached hydrogens (primary N) is 1. The number of aliphatic imine (C=N–C) groups is 2. The van der Waals surface area contributed by atoms with Gasteiger partial charge in [-0.3, -0.25) is 4.99 Å². The quantitative estimate of drug-likeness (QED) is 0.203. The normalized spacial score (nSPS) is 15.2. The maximum atomic E-state index is 9.49. The second-order valence-corrected chi connectivity index (χ2v) is 8.21. The fraction of sp³-hybridized carbons (Fsp3) is 0.393. The summed E-state index contributed by atoms with van der Waals surface area (Å²) in [6, 6.07) is 15.4. The number of benzene rings is 2. The van der Waals surface area contributed by atoms with Crippen LogP contribution in [0.5, 0.6) is 5.75 Å². The Morgan fingerprint density at radius 3 is 2.59 bits per heavy atom. The molecule has 1 heterocycles. The first-order valence-corrected chi connectivity index (χ1v) is 12.3. The first-order chi connectivity index (χ1) is 18.1. The number of nitriles is 1. The van der Waals surface area contributed by atoms with Gasteiger partial charge in [-0.25, -0.2) is 4.99 Å². The minimum atomic E-state index is -0.225. The third-order valence-electron chi connectivity index (χ3n) is 5.80. The summed E-state index contributed by atoms with van der Waals surface area (Å²) in [5, 5.41) is 9.49. The minimum Gasteiger partial charge on any atom is -0.438 e. The number of rotatable bonds is 12. The highest BCUT2D eigenvalue weighted by Crippen LogP contribution is 2.33. The zero-order chi connectivity index (χ0) is 26.5. The Morgan fingerprint density at radius 1 is 1.22 bits per heavy atom. The lowest BCUT2D eigenvalue weighted by atomic mass is 10.00. The standard InChI is InChI=1S/C28H35N5O4/c1-4-32-27(33-11-13-35-14-12-33)18-28(31-2)37-25-17-21(19-29)5-10-24(25)22-6-8-23(9-7-22)26(20-30)36-16-15-34-3/h5-10,17-18,26H,2,4,11-16,20,30H2,1,3H3/b28-18+,32-27+. The molecule has 0 bridgehead atoms. The van der Waals surface area contributed by atoms with Gasteiger partial charge in [0.25, 0.3) is 0 Å². The number of nitrogens with zero attached hydrogens (tertiary/aromatic N) is 4. The predicted octanol–water partition coefficient (Wildman–Crippen LogP) is 3.56. The maximum Gasteiger partial charge on any atom is 0.222 e. The molecule has 0 spiro atoms.